The van der Waals surface area contributed by atoms with Crippen molar-refractivity contribution in [3.63, 3.8) is 0 Å². The van der Waals surface area contributed by atoms with Gasteiger partial charge in [0.2, 0.25) is 5.43 Å². The molecule has 0 radical (unpaired) electrons. The maximum atomic E-state index is 15.4. The molecule has 1 fully saturated rings. The number of benzene rings is 1. The Bertz CT molecular complexity index is 1260. The van der Waals surface area contributed by atoms with Gasteiger partial charge in [0.1, 0.15) is 16.9 Å². The second-order valence-corrected chi connectivity index (χ2v) is 8.36. The summed E-state index contributed by atoms with van der Waals surface area (Å²) in [4.78, 5) is 24.5. The summed E-state index contributed by atoms with van der Waals surface area (Å²) in [7, 11) is 0. The first-order valence-electron chi connectivity index (χ1n) is 10.8. The number of rotatable bonds is 8. The quantitative estimate of drug-likeness (QED) is 0.274. The van der Waals surface area contributed by atoms with Crippen LogP contribution in [0, 0.1) is 5.82 Å². The molecule has 2 aliphatic rings. The molecule has 2 aromatic rings. The van der Waals surface area contributed by atoms with Gasteiger partial charge < -0.3 is 30.8 Å². The van der Waals surface area contributed by atoms with E-state index in [1.54, 1.807) is 4.57 Å². The average Bonchev–Trinajstić information content (AvgIpc) is 2.75. The molecule has 4 rings (SSSR count). The summed E-state index contributed by atoms with van der Waals surface area (Å²) >= 11 is 0. The largest absolute Gasteiger partial charge is 0.481 e. The van der Waals surface area contributed by atoms with Crippen LogP contribution in [0.25, 0.3) is 10.9 Å². The number of nitrogens with one attached hydrogen (secondary N) is 2. The van der Waals surface area contributed by atoms with Crippen LogP contribution in [0.3, 0.4) is 0 Å². The summed E-state index contributed by atoms with van der Waals surface area (Å²) in [5, 5.41) is 15.5. The van der Waals surface area contributed by atoms with Gasteiger partial charge in [0.05, 0.1) is 23.1 Å². The van der Waals surface area contributed by atoms with E-state index in [4.69, 9.17) is 10.5 Å². The summed E-state index contributed by atoms with van der Waals surface area (Å²) in [5.74, 6) is -2.01. The molecule has 1 saturated carbocycles. The lowest BCUT2D eigenvalue weighted by Crippen LogP contribution is -2.49. The molecule has 8 nitrogen and oxygen atoms in total. The highest BCUT2D eigenvalue weighted by Crippen LogP contribution is 2.49. The van der Waals surface area contributed by atoms with Crippen LogP contribution in [-0.4, -0.2) is 34.3 Å². The second-order valence-electron chi connectivity index (χ2n) is 8.36. The number of carboxylic acids is 1. The molecule has 1 aromatic heterocycles. The van der Waals surface area contributed by atoms with E-state index in [1.165, 1.54) is 6.20 Å². The summed E-state index contributed by atoms with van der Waals surface area (Å²) < 4.78 is 23.3. The molecular formula is C24H27FN4O4. The van der Waals surface area contributed by atoms with Crippen molar-refractivity contribution < 1.29 is 19.0 Å². The van der Waals surface area contributed by atoms with Gasteiger partial charge in [-0.1, -0.05) is 24.8 Å². The van der Waals surface area contributed by atoms with E-state index >= 15 is 4.39 Å². The topological polar surface area (TPSA) is 119 Å². The van der Waals surface area contributed by atoms with E-state index < -0.39 is 34.1 Å². The van der Waals surface area contributed by atoms with Gasteiger partial charge in [-0.25, -0.2) is 9.18 Å². The van der Waals surface area contributed by atoms with Gasteiger partial charge in [0.15, 0.2) is 11.6 Å². The highest BCUT2D eigenvalue weighted by Gasteiger charge is 2.45. The van der Waals surface area contributed by atoms with Crippen LogP contribution >= 0.6 is 0 Å². The van der Waals surface area contributed by atoms with Crippen LogP contribution in [0.2, 0.25) is 0 Å². The molecule has 2 heterocycles. The fraction of sp³-hybridized carbons (Fsp3) is 0.333. The molecule has 0 bridgehead atoms. The van der Waals surface area contributed by atoms with Gasteiger partial charge in [-0.2, -0.15) is 0 Å². The molecule has 33 heavy (non-hydrogen) atoms. The third kappa shape index (κ3) is 3.94. The third-order valence-corrected chi connectivity index (χ3v) is 6.10. The lowest BCUT2D eigenvalue weighted by molar-refractivity contribution is -0.0278. The van der Waals surface area contributed by atoms with Crippen molar-refractivity contribution in [1.82, 2.24) is 9.88 Å². The van der Waals surface area contributed by atoms with Gasteiger partial charge in [-0.05, 0) is 32.3 Å². The number of aromatic carboxylic acids is 1. The van der Waals surface area contributed by atoms with E-state index in [9.17, 15) is 14.7 Å². The predicted molar refractivity (Wildman–Crippen MR) is 126 cm³/mol. The standard InChI is InChI=1S/C24H27FN4O4/c1-3-4-5-7-14(2)27-10-11-28-19-17(25)18(26)16-20-22(19)33-24(8-6-9-24)13-29(20)12-15(21(16)30)23(31)32/h3-5,7,12,27-28H,2,6,8-11,13,26H2,1H3,(H,31,32)/b4-3-,7-5-. The summed E-state index contributed by atoms with van der Waals surface area (Å²) in [5.41, 5.74) is 4.90. The zero-order chi connectivity index (χ0) is 23.8. The number of hydrogen-bond donors (Lipinski definition) is 4. The maximum absolute atomic E-state index is 15.4. The van der Waals surface area contributed by atoms with Gasteiger partial charge >= 0.3 is 5.97 Å². The highest BCUT2D eigenvalue weighted by atomic mass is 19.1. The van der Waals surface area contributed by atoms with Crippen LogP contribution in [0.15, 0.2) is 47.6 Å². The van der Waals surface area contributed by atoms with Crippen LogP contribution in [-0.2, 0) is 6.54 Å². The lowest BCUT2D eigenvalue weighted by Gasteiger charge is -2.46. The Kier molecular flexibility index (Phi) is 5.88. The fourth-order valence-corrected chi connectivity index (χ4v) is 4.30. The lowest BCUT2D eigenvalue weighted by atomic mass is 9.79. The molecule has 174 valence electrons. The Morgan fingerprint density at radius 3 is 2.79 bits per heavy atom. The van der Waals surface area contributed by atoms with Gasteiger partial charge in [0.25, 0.3) is 0 Å². The predicted octanol–water partition coefficient (Wildman–Crippen LogP) is 3.38. The van der Waals surface area contributed by atoms with E-state index in [0.29, 0.717) is 30.8 Å². The van der Waals surface area contributed by atoms with E-state index in [-0.39, 0.29) is 16.8 Å². The number of hydrogen-bond acceptors (Lipinski definition) is 6. The van der Waals surface area contributed by atoms with Crippen molar-refractivity contribution in [2.24, 2.45) is 0 Å². The molecule has 0 unspecified atom stereocenters. The molecule has 1 spiro atoms. The first-order chi connectivity index (χ1) is 15.8. The normalized spacial score (nSPS) is 16.2. The minimum absolute atomic E-state index is 0.0686. The van der Waals surface area contributed by atoms with Crippen molar-refractivity contribution in [1.29, 1.82) is 0 Å². The Morgan fingerprint density at radius 1 is 1.39 bits per heavy atom. The van der Waals surface area contributed by atoms with Crippen LogP contribution in [0.1, 0.15) is 36.5 Å². The number of ether oxygens (including phenoxy) is 1. The first kappa shape index (κ1) is 22.4. The molecule has 0 atom stereocenters. The van der Waals surface area contributed by atoms with E-state index in [1.807, 2.05) is 31.2 Å². The number of nitrogens with zero attached hydrogens (tertiary/aromatic N) is 1. The van der Waals surface area contributed by atoms with E-state index in [2.05, 4.69) is 17.2 Å². The van der Waals surface area contributed by atoms with Crippen LogP contribution in [0.4, 0.5) is 15.8 Å². The van der Waals surface area contributed by atoms with Crippen molar-refractivity contribution in [2.75, 3.05) is 24.1 Å². The Morgan fingerprint density at radius 2 is 2.15 bits per heavy atom. The Balaban J connectivity index is 1.71. The molecule has 0 amide bonds. The van der Waals surface area contributed by atoms with Crippen LogP contribution in [0.5, 0.6) is 5.75 Å². The van der Waals surface area contributed by atoms with Crippen LogP contribution < -0.4 is 26.5 Å². The van der Waals surface area contributed by atoms with Gasteiger partial charge in [0, 0.05) is 25.0 Å². The monoisotopic (exact) mass is 454 g/mol. The van der Waals surface area contributed by atoms with E-state index in [0.717, 1.165) is 19.3 Å². The molecule has 9 heteroatoms. The van der Waals surface area contributed by atoms with Crippen molar-refractivity contribution in [2.45, 2.75) is 38.3 Å². The number of carbonyl (C=O) groups is 1. The number of anilines is 2. The number of halogens is 1. The average molecular weight is 455 g/mol. The smallest absolute Gasteiger partial charge is 0.341 e. The van der Waals surface area contributed by atoms with Gasteiger partial charge in [-0.3, -0.25) is 4.79 Å². The number of carboxylic acid groups (broad SMARTS) is 1. The Labute approximate surface area is 190 Å². The van der Waals surface area contributed by atoms with Crippen molar-refractivity contribution in [3.05, 3.63) is 64.4 Å². The van der Waals surface area contributed by atoms with Crippen molar-refractivity contribution >= 4 is 28.2 Å². The number of aromatic nitrogens is 1. The minimum atomic E-state index is -1.38. The van der Waals surface area contributed by atoms with Crippen molar-refractivity contribution in [3.8, 4) is 5.75 Å². The zero-order valence-corrected chi connectivity index (χ0v) is 18.4. The maximum Gasteiger partial charge on any atom is 0.341 e. The molecule has 1 aromatic carbocycles. The molecular weight excluding hydrogens is 427 g/mol. The molecule has 1 aliphatic carbocycles. The third-order valence-electron chi connectivity index (χ3n) is 6.10. The second kappa shape index (κ2) is 8.65. The fourth-order valence-electron chi connectivity index (χ4n) is 4.30. The SMILES string of the molecule is C=C(/C=C\C=C/C)NCCNc1c(F)c(N)c2c(=O)c(C(=O)O)cn3c2c1OC1(CCC1)C3. The van der Waals surface area contributed by atoms with Gasteiger partial charge in [-0.15, -0.1) is 0 Å². The number of nitrogen functional groups attached to an aromatic ring is 1. The zero-order valence-electron chi connectivity index (χ0n) is 18.4. The number of allylic oxidation sites excluding steroid dienone is 4. The highest BCUT2D eigenvalue weighted by molar-refractivity contribution is 6.03. The number of nitrogens with two attached hydrogens (primary N) is 1. The first-order valence-corrected chi connectivity index (χ1v) is 10.8. The molecule has 5 N–H and O–H groups in total. The summed E-state index contributed by atoms with van der Waals surface area (Å²) in [6.07, 6.45) is 11.2. The Hall–Kier alpha value is -3.75. The molecule has 0 saturated heterocycles. The number of pyridine rings is 1. The molecule has 1 aliphatic heterocycles. The minimum Gasteiger partial charge on any atom is -0.481 e. The summed E-state index contributed by atoms with van der Waals surface area (Å²) in [6.45, 7) is 6.98. The summed E-state index contributed by atoms with van der Waals surface area (Å²) in [6, 6.07) is 0.